The number of hydrogen-bond donors (Lipinski definition) is 2. The maximum absolute atomic E-state index is 11.1. The Bertz CT molecular complexity index is 429. The molecule has 17 heavy (non-hydrogen) atoms. The zero-order valence-corrected chi connectivity index (χ0v) is 9.93. The molecule has 0 saturated carbocycles. The van der Waals surface area contributed by atoms with E-state index >= 15 is 0 Å². The summed E-state index contributed by atoms with van der Waals surface area (Å²) in [7, 11) is 0. The highest BCUT2D eigenvalue weighted by Crippen LogP contribution is 2.31. The summed E-state index contributed by atoms with van der Waals surface area (Å²) in [5.74, 6) is -2.15. The molecule has 0 spiro atoms. The second kappa shape index (κ2) is 4.99. The molecule has 0 fully saturated rings. The third-order valence-corrected chi connectivity index (χ3v) is 2.71. The van der Waals surface area contributed by atoms with Crippen molar-refractivity contribution < 1.29 is 19.8 Å². The predicted octanol–water partition coefficient (Wildman–Crippen LogP) is 2.38. The Morgan fingerprint density at radius 1 is 1.41 bits per heavy atom. The Labute approximate surface area is 100.0 Å². The average molecular weight is 236 g/mol. The molecule has 4 nitrogen and oxygen atoms in total. The van der Waals surface area contributed by atoms with Gasteiger partial charge in [-0.15, -0.1) is 0 Å². The fraction of sp³-hybridized carbons (Fsp3) is 0.385. The van der Waals surface area contributed by atoms with Crippen molar-refractivity contribution in [2.45, 2.75) is 26.7 Å². The lowest BCUT2D eigenvalue weighted by molar-refractivity contribution is -0.142. The minimum Gasteiger partial charge on any atom is -0.480 e. The Hall–Kier alpha value is -1.84. The topological polar surface area (TPSA) is 74.6 Å². The number of rotatable bonds is 4. The van der Waals surface area contributed by atoms with Gasteiger partial charge in [-0.25, -0.2) is 4.79 Å². The summed E-state index contributed by atoms with van der Waals surface area (Å²) in [6, 6.07) is 0. The van der Waals surface area contributed by atoms with Gasteiger partial charge in [-0.3, -0.25) is 4.79 Å². The maximum atomic E-state index is 11.1. The molecular weight excluding hydrogens is 220 g/mol. The van der Waals surface area contributed by atoms with Gasteiger partial charge >= 0.3 is 11.9 Å². The summed E-state index contributed by atoms with van der Waals surface area (Å²) < 4.78 is 0. The van der Waals surface area contributed by atoms with Crippen molar-refractivity contribution in [3.8, 4) is 0 Å². The van der Waals surface area contributed by atoms with Gasteiger partial charge < -0.3 is 10.2 Å². The van der Waals surface area contributed by atoms with E-state index in [2.05, 4.69) is 0 Å². The van der Waals surface area contributed by atoms with E-state index in [0.717, 1.165) is 12.8 Å². The Kier molecular flexibility index (Phi) is 3.89. The molecule has 1 unspecified atom stereocenters. The van der Waals surface area contributed by atoms with Crippen LogP contribution in [0.4, 0.5) is 0 Å². The number of carboxylic acid groups (broad SMARTS) is 2. The third kappa shape index (κ3) is 2.84. The lowest BCUT2D eigenvalue weighted by atomic mass is 9.81. The van der Waals surface area contributed by atoms with E-state index in [1.807, 2.05) is 13.0 Å². The number of hydrogen-bond acceptors (Lipinski definition) is 2. The van der Waals surface area contributed by atoms with Crippen LogP contribution in [0.15, 0.2) is 35.5 Å². The molecule has 1 rings (SSSR count). The first-order valence-corrected chi connectivity index (χ1v) is 5.50. The highest BCUT2D eigenvalue weighted by molar-refractivity contribution is 5.96. The van der Waals surface area contributed by atoms with Crippen LogP contribution in [0, 0.1) is 5.41 Å². The molecule has 2 N–H and O–H groups in total. The van der Waals surface area contributed by atoms with Crippen LogP contribution in [0.25, 0.3) is 0 Å². The van der Waals surface area contributed by atoms with Crippen molar-refractivity contribution in [1.29, 1.82) is 0 Å². The molecule has 0 saturated heterocycles. The van der Waals surface area contributed by atoms with Crippen LogP contribution in [0.5, 0.6) is 0 Å². The molecule has 4 heteroatoms. The van der Waals surface area contributed by atoms with E-state index in [-0.39, 0.29) is 5.57 Å². The summed E-state index contributed by atoms with van der Waals surface area (Å²) in [4.78, 5) is 22.2. The highest BCUT2D eigenvalue weighted by atomic mass is 16.4. The largest absolute Gasteiger partial charge is 0.480 e. The first-order chi connectivity index (χ1) is 7.90. The molecular formula is C13H16O4. The smallest absolute Gasteiger partial charge is 0.336 e. The van der Waals surface area contributed by atoms with Gasteiger partial charge in [0, 0.05) is 0 Å². The molecule has 0 bridgehead atoms. The number of unbranched alkanes of at least 4 members (excludes halogenated alkanes) is 1. The van der Waals surface area contributed by atoms with Crippen molar-refractivity contribution in [2.24, 2.45) is 5.41 Å². The fourth-order valence-corrected chi connectivity index (χ4v) is 1.58. The highest BCUT2D eigenvalue weighted by Gasteiger charge is 2.33. The van der Waals surface area contributed by atoms with Crippen LogP contribution in [-0.2, 0) is 9.59 Å². The summed E-state index contributed by atoms with van der Waals surface area (Å²) in [6.45, 7) is 3.47. The second-order valence-electron chi connectivity index (χ2n) is 4.23. The first-order valence-electron chi connectivity index (χ1n) is 5.50. The van der Waals surface area contributed by atoms with Crippen LogP contribution >= 0.6 is 0 Å². The molecule has 1 atom stereocenters. The first kappa shape index (κ1) is 13.2. The molecule has 0 aliphatic heterocycles. The van der Waals surface area contributed by atoms with Crippen LogP contribution in [0.2, 0.25) is 0 Å². The predicted molar refractivity (Wildman–Crippen MR) is 63.6 cm³/mol. The zero-order chi connectivity index (χ0) is 13.1. The summed E-state index contributed by atoms with van der Waals surface area (Å²) in [6.07, 6.45) is 7.89. The minimum atomic E-state index is -1.24. The van der Waals surface area contributed by atoms with E-state index in [4.69, 9.17) is 10.2 Å². The van der Waals surface area contributed by atoms with Crippen molar-refractivity contribution in [3.05, 3.63) is 35.5 Å². The Morgan fingerprint density at radius 3 is 2.53 bits per heavy atom. The average Bonchev–Trinajstić information content (AvgIpc) is 2.27. The van der Waals surface area contributed by atoms with Gasteiger partial charge in [0.1, 0.15) is 5.41 Å². The number of allylic oxidation sites excluding steroid dienone is 2. The molecule has 1 aliphatic rings. The maximum Gasteiger partial charge on any atom is 0.336 e. The quantitative estimate of drug-likeness (QED) is 0.785. The molecule has 0 radical (unpaired) electrons. The number of aliphatic carboxylic acids is 2. The SMILES string of the molecule is CCCC=C1C=CC(C)(C(=O)O)C=C1C(=O)O. The van der Waals surface area contributed by atoms with E-state index in [0.29, 0.717) is 5.57 Å². The van der Waals surface area contributed by atoms with Crippen LogP contribution in [0.1, 0.15) is 26.7 Å². The van der Waals surface area contributed by atoms with Crippen molar-refractivity contribution in [3.63, 3.8) is 0 Å². The van der Waals surface area contributed by atoms with Gasteiger partial charge in [0.05, 0.1) is 5.57 Å². The van der Waals surface area contributed by atoms with Gasteiger partial charge in [-0.2, -0.15) is 0 Å². The number of carboxylic acids is 2. The minimum absolute atomic E-state index is 0.0610. The van der Waals surface area contributed by atoms with E-state index < -0.39 is 17.4 Å². The molecule has 0 amide bonds. The van der Waals surface area contributed by atoms with Gasteiger partial charge in [0.15, 0.2) is 0 Å². The summed E-state index contributed by atoms with van der Waals surface area (Å²) >= 11 is 0. The Balaban J connectivity index is 3.15. The normalized spacial score (nSPS) is 25.8. The Morgan fingerprint density at radius 2 is 2.06 bits per heavy atom. The van der Waals surface area contributed by atoms with Crippen molar-refractivity contribution in [1.82, 2.24) is 0 Å². The monoisotopic (exact) mass is 236 g/mol. The van der Waals surface area contributed by atoms with Crippen LogP contribution < -0.4 is 0 Å². The zero-order valence-electron chi connectivity index (χ0n) is 9.93. The molecule has 92 valence electrons. The van der Waals surface area contributed by atoms with E-state index in [9.17, 15) is 9.59 Å². The summed E-state index contributed by atoms with van der Waals surface area (Å²) in [5.41, 5.74) is -0.596. The molecule has 0 aromatic rings. The van der Waals surface area contributed by atoms with Gasteiger partial charge in [-0.1, -0.05) is 31.6 Å². The molecule has 1 aliphatic carbocycles. The standard InChI is InChI=1S/C13H16O4/c1-3-4-5-9-6-7-13(2,12(16)17)8-10(9)11(14)15/h5-8H,3-4H2,1-2H3,(H,14,15)(H,16,17). The lowest BCUT2D eigenvalue weighted by Gasteiger charge is -2.22. The van der Waals surface area contributed by atoms with E-state index in [1.54, 1.807) is 6.08 Å². The summed E-state index contributed by atoms with van der Waals surface area (Å²) in [5, 5.41) is 18.1. The van der Waals surface area contributed by atoms with Crippen LogP contribution in [-0.4, -0.2) is 22.2 Å². The van der Waals surface area contributed by atoms with Crippen LogP contribution in [0.3, 0.4) is 0 Å². The van der Waals surface area contributed by atoms with Crippen molar-refractivity contribution in [2.75, 3.05) is 0 Å². The third-order valence-electron chi connectivity index (χ3n) is 2.71. The lowest BCUT2D eigenvalue weighted by Crippen LogP contribution is -2.26. The fourth-order valence-electron chi connectivity index (χ4n) is 1.58. The molecule has 0 aromatic heterocycles. The number of carbonyl (C=O) groups is 2. The van der Waals surface area contributed by atoms with Gasteiger partial charge in [-0.05, 0) is 25.0 Å². The van der Waals surface area contributed by atoms with E-state index in [1.165, 1.54) is 19.1 Å². The van der Waals surface area contributed by atoms with Crippen molar-refractivity contribution >= 4 is 11.9 Å². The van der Waals surface area contributed by atoms with Gasteiger partial charge in [0.2, 0.25) is 0 Å². The molecule has 0 heterocycles. The molecule has 0 aromatic carbocycles. The second-order valence-corrected chi connectivity index (χ2v) is 4.23. The van der Waals surface area contributed by atoms with Gasteiger partial charge in [0.25, 0.3) is 0 Å².